The molecular weight excluding hydrogens is 565 g/mol. The molecule has 0 saturated heterocycles. The van der Waals surface area contributed by atoms with E-state index in [1.807, 2.05) is 54.6 Å². The number of fused-ring (bicyclic) bond motifs is 1. The first-order valence-corrected chi connectivity index (χ1v) is 11.9. The van der Waals surface area contributed by atoms with Crippen LogP contribution in [0.3, 0.4) is 0 Å². The number of halogens is 3. The van der Waals surface area contributed by atoms with Crippen LogP contribution in [-0.4, -0.2) is 11.9 Å². The highest BCUT2D eigenvalue weighted by atomic mass is 79.9. The van der Waals surface area contributed by atoms with Crippen LogP contribution in [0.2, 0.25) is 0 Å². The predicted octanol–water partition coefficient (Wildman–Crippen LogP) is 7.43. The van der Waals surface area contributed by atoms with Crippen molar-refractivity contribution >= 4 is 60.6 Å². The molecule has 1 heterocycles. The van der Waals surface area contributed by atoms with E-state index in [0.29, 0.717) is 14.7 Å². The first-order chi connectivity index (χ1) is 16.5. The van der Waals surface area contributed by atoms with Gasteiger partial charge in [-0.1, -0.05) is 42.5 Å². The quantitative estimate of drug-likeness (QED) is 0.182. The Morgan fingerprint density at radius 3 is 2.35 bits per heavy atom. The lowest BCUT2D eigenvalue weighted by Crippen LogP contribution is -2.05. The summed E-state index contributed by atoms with van der Waals surface area (Å²) in [5.74, 6) is 0.0765. The lowest BCUT2D eigenvalue weighted by molar-refractivity contribution is -0.129. The number of nitrogens with zero attached hydrogens (tertiary/aromatic N) is 1. The molecular formula is C27H16Br2FNO3. The molecule has 1 aliphatic heterocycles. The van der Waals surface area contributed by atoms with Crippen LogP contribution in [0.4, 0.5) is 4.39 Å². The zero-order chi connectivity index (χ0) is 23.7. The monoisotopic (exact) mass is 579 g/mol. The summed E-state index contributed by atoms with van der Waals surface area (Å²) in [4.78, 5) is 16.9. The number of benzene rings is 4. The molecule has 4 aromatic carbocycles. The Bertz CT molecular complexity index is 1460. The Morgan fingerprint density at radius 1 is 0.912 bits per heavy atom. The van der Waals surface area contributed by atoms with Gasteiger partial charge in [-0.05, 0) is 96.2 Å². The number of rotatable bonds is 5. The summed E-state index contributed by atoms with van der Waals surface area (Å²) in [6.45, 7) is 0.281. The molecule has 0 amide bonds. The Morgan fingerprint density at radius 2 is 1.62 bits per heavy atom. The molecule has 1 aliphatic rings. The fourth-order valence-electron chi connectivity index (χ4n) is 3.55. The third kappa shape index (κ3) is 4.81. The Kier molecular flexibility index (Phi) is 6.30. The van der Waals surface area contributed by atoms with Crippen molar-refractivity contribution in [3.8, 4) is 5.75 Å². The maximum Gasteiger partial charge on any atom is 0.363 e. The van der Waals surface area contributed by atoms with Crippen molar-refractivity contribution in [3.05, 3.63) is 116 Å². The van der Waals surface area contributed by atoms with E-state index in [4.69, 9.17) is 9.47 Å². The second-order valence-electron chi connectivity index (χ2n) is 7.63. The number of carbonyl (C=O) groups is 1. The molecule has 0 N–H and O–H groups in total. The maximum absolute atomic E-state index is 13.1. The van der Waals surface area contributed by atoms with E-state index in [1.165, 1.54) is 12.1 Å². The van der Waals surface area contributed by atoms with Gasteiger partial charge < -0.3 is 9.47 Å². The first kappa shape index (κ1) is 22.5. The maximum atomic E-state index is 13.1. The second kappa shape index (κ2) is 9.52. The van der Waals surface area contributed by atoms with E-state index in [9.17, 15) is 9.18 Å². The van der Waals surface area contributed by atoms with Crippen molar-refractivity contribution in [2.24, 2.45) is 4.99 Å². The van der Waals surface area contributed by atoms with Crippen molar-refractivity contribution in [2.75, 3.05) is 0 Å². The molecule has 0 aliphatic carbocycles. The minimum Gasteiger partial charge on any atom is -0.487 e. The van der Waals surface area contributed by atoms with Crippen LogP contribution in [0.25, 0.3) is 16.8 Å². The number of cyclic esters (lactones) is 1. The van der Waals surface area contributed by atoms with Gasteiger partial charge in [0.15, 0.2) is 5.70 Å². The highest BCUT2D eigenvalue weighted by Crippen LogP contribution is 2.36. The summed E-state index contributed by atoms with van der Waals surface area (Å²) < 4.78 is 25.8. The minimum absolute atomic E-state index is 0.210. The Balaban J connectivity index is 1.38. The van der Waals surface area contributed by atoms with Gasteiger partial charge in [0.2, 0.25) is 5.90 Å². The smallest absolute Gasteiger partial charge is 0.363 e. The van der Waals surface area contributed by atoms with Crippen molar-refractivity contribution in [1.82, 2.24) is 0 Å². The van der Waals surface area contributed by atoms with Gasteiger partial charge in [0.25, 0.3) is 0 Å². The Labute approximate surface area is 212 Å². The number of esters is 1. The molecule has 7 heteroatoms. The van der Waals surface area contributed by atoms with E-state index in [2.05, 4.69) is 36.9 Å². The number of hydrogen-bond acceptors (Lipinski definition) is 4. The fraction of sp³-hybridized carbons (Fsp3) is 0.0370. The van der Waals surface area contributed by atoms with Crippen molar-refractivity contribution < 1.29 is 18.7 Å². The van der Waals surface area contributed by atoms with Crippen LogP contribution < -0.4 is 4.74 Å². The summed E-state index contributed by atoms with van der Waals surface area (Å²) in [5.41, 5.74) is 2.53. The normalized spacial score (nSPS) is 14.4. The van der Waals surface area contributed by atoms with Gasteiger partial charge in [0.1, 0.15) is 18.2 Å². The third-order valence-corrected chi connectivity index (χ3v) is 6.42. The molecule has 168 valence electrons. The number of hydrogen-bond donors (Lipinski definition) is 0. The van der Waals surface area contributed by atoms with Gasteiger partial charge in [-0.3, -0.25) is 0 Å². The molecule has 5 rings (SSSR count). The third-order valence-electron chi connectivity index (χ3n) is 5.24. The van der Waals surface area contributed by atoms with Gasteiger partial charge in [0, 0.05) is 5.56 Å². The van der Waals surface area contributed by atoms with Crippen LogP contribution in [0.1, 0.15) is 16.7 Å². The van der Waals surface area contributed by atoms with Crippen molar-refractivity contribution in [3.63, 3.8) is 0 Å². The van der Waals surface area contributed by atoms with Gasteiger partial charge in [-0.2, -0.15) is 0 Å². The summed E-state index contributed by atoms with van der Waals surface area (Å²) in [7, 11) is 0. The number of aliphatic imine (C=N–C) groups is 1. The molecule has 0 fully saturated rings. The summed E-state index contributed by atoms with van der Waals surface area (Å²) in [6, 6.07) is 23.6. The van der Waals surface area contributed by atoms with Crippen molar-refractivity contribution in [2.45, 2.75) is 6.61 Å². The topological polar surface area (TPSA) is 47.9 Å². The highest BCUT2D eigenvalue weighted by Gasteiger charge is 2.24. The minimum atomic E-state index is -0.507. The largest absolute Gasteiger partial charge is 0.487 e. The van der Waals surface area contributed by atoms with E-state index < -0.39 is 5.97 Å². The van der Waals surface area contributed by atoms with E-state index >= 15 is 0 Å². The molecule has 4 aromatic rings. The molecule has 0 saturated carbocycles. The van der Waals surface area contributed by atoms with Crippen LogP contribution >= 0.6 is 31.9 Å². The van der Waals surface area contributed by atoms with Gasteiger partial charge in [-0.15, -0.1) is 0 Å². The van der Waals surface area contributed by atoms with Gasteiger partial charge in [-0.25, -0.2) is 14.2 Å². The summed E-state index contributed by atoms with van der Waals surface area (Å²) in [6.07, 6.45) is 1.66. The molecule has 0 spiro atoms. The average molecular weight is 581 g/mol. The predicted molar refractivity (Wildman–Crippen MR) is 137 cm³/mol. The summed E-state index contributed by atoms with van der Waals surface area (Å²) in [5, 5.41) is 2.14. The average Bonchev–Trinajstić information content (AvgIpc) is 3.19. The molecule has 0 bridgehead atoms. The van der Waals surface area contributed by atoms with E-state index in [1.54, 1.807) is 18.2 Å². The number of carbonyl (C=O) groups excluding carboxylic acids is 1. The second-order valence-corrected chi connectivity index (χ2v) is 9.34. The van der Waals surface area contributed by atoms with Crippen LogP contribution in [0, 0.1) is 5.82 Å². The van der Waals surface area contributed by atoms with Crippen LogP contribution in [0.5, 0.6) is 5.75 Å². The number of ether oxygens (including phenoxy) is 2. The zero-order valence-electron chi connectivity index (χ0n) is 17.6. The lowest BCUT2D eigenvalue weighted by Gasteiger charge is -2.11. The molecule has 0 radical (unpaired) electrons. The lowest BCUT2D eigenvalue weighted by atomic mass is 10.1. The molecule has 0 atom stereocenters. The summed E-state index contributed by atoms with van der Waals surface area (Å²) >= 11 is 7.05. The zero-order valence-corrected chi connectivity index (χ0v) is 20.8. The SMILES string of the molecule is O=C1OC(c2ccc3ccccc3c2)=N/C1=C\c1cc(Br)c(OCc2ccc(F)cc2)c(Br)c1. The van der Waals surface area contributed by atoms with Crippen molar-refractivity contribution in [1.29, 1.82) is 0 Å². The standard InChI is InChI=1S/C27H16Br2FNO3/c28-22-11-17(12-23(29)25(22)33-15-16-5-9-21(30)10-6-16)13-24-27(32)34-26(31-24)20-8-7-18-3-1-2-4-19(18)14-20/h1-14H,15H2/b24-13-. The molecule has 4 nitrogen and oxygen atoms in total. The van der Waals surface area contributed by atoms with E-state index in [0.717, 1.165) is 27.5 Å². The van der Waals surface area contributed by atoms with Gasteiger partial charge >= 0.3 is 5.97 Å². The highest BCUT2D eigenvalue weighted by molar-refractivity contribution is 9.11. The molecule has 34 heavy (non-hydrogen) atoms. The molecule has 0 unspecified atom stereocenters. The van der Waals surface area contributed by atoms with Gasteiger partial charge in [0.05, 0.1) is 8.95 Å². The fourth-order valence-corrected chi connectivity index (χ4v) is 5.00. The first-order valence-electron chi connectivity index (χ1n) is 10.3. The Hall–Kier alpha value is -3.29. The molecule has 0 aromatic heterocycles. The van der Waals surface area contributed by atoms with Crippen LogP contribution in [0.15, 0.2) is 98.5 Å². The van der Waals surface area contributed by atoms with E-state index in [-0.39, 0.29) is 24.0 Å². The van der Waals surface area contributed by atoms with Crippen LogP contribution in [-0.2, 0) is 16.1 Å².